The molecule has 1 aromatic heterocycles. The number of carboxylic acid groups (broad SMARTS) is 1. The van der Waals surface area contributed by atoms with Gasteiger partial charge >= 0.3 is 5.97 Å². The van der Waals surface area contributed by atoms with Crippen LogP contribution in [-0.4, -0.2) is 16.1 Å². The van der Waals surface area contributed by atoms with E-state index in [9.17, 15) is 4.79 Å². The van der Waals surface area contributed by atoms with Crippen LogP contribution in [0, 0.1) is 12.8 Å². The number of thiazole rings is 1. The average molecular weight is 199 g/mol. The summed E-state index contributed by atoms with van der Waals surface area (Å²) in [4.78, 5) is 14.7. The number of aliphatic carboxylic acids is 1. The molecule has 1 heterocycles. The van der Waals surface area contributed by atoms with Crippen molar-refractivity contribution >= 4 is 17.3 Å². The van der Waals surface area contributed by atoms with Crippen molar-refractivity contribution in [2.24, 2.45) is 5.92 Å². The van der Waals surface area contributed by atoms with Crippen LogP contribution >= 0.6 is 11.3 Å². The molecule has 0 spiro atoms. The second-order valence-electron chi connectivity index (χ2n) is 3.29. The zero-order valence-corrected chi connectivity index (χ0v) is 8.60. The van der Waals surface area contributed by atoms with E-state index >= 15 is 0 Å². The summed E-state index contributed by atoms with van der Waals surface area (Å²) in [6.07, 6.45) is 0.990. The van der Waals surface area contributed by atoms with Crippen LogP contribution in [0.1, 0.15) is 24.0 Å². The molecule has 0 bridgehead atoms. The Morgan fingerprint density at radius 1 is 1.77 bits per heavy atom. The fourth-order valence-corrected chi connectivity index (χ4v) is 2.10. The molecule has 0 saturated heterocycles. The Hall–Kier alpha value is -0.900. The third kappa shape index (κ3) is 3.55. The second-order valence-corrected chi connectivity index (χ2v) is 4.23. The van der Waals surface area contributed by atoms with Crippen LogP contribution < -0.4 is 0 Å². The van der Waals surface area contributed by atoms with Crippen molar-refractivity contribution in [2.45, 2.75) is 26.7 Å². The molecule has 0 fully saturated rings. The normalized spacial score (nSPS) is 12.8. The molecule has 0 aliphatic carbocycles. The molecule has 1 N–H and O–H groups in total. The third-order valence-corrected chi connectivity index (χ3v) is 2.70. The summed E-state index contributed by atoms with van der Waals surface area (Å²) in [5.74, 6) is -0.566. The van der Waals surface area contributed by atoms with Gasteiger partial charge in [-0.1, -0.05) is 6.92 Å². The Kier molecular flexibility index (Phi) is 3.42. The molecular weight excluding hydrogens is 186 g/mol. The maximum Gasteiger partial charge on any atom is 0.303 e. The van der Waals surface area contributed by atoms with Gasteiger partial charge in [-0.3, -0.25) is 4.79 Å². The highest BCUT2D eigenvalue weighted by molar-refractivity contribution is 7.09. The van der Waals surface area contributed by atoms with Crippen LogP contribution in [0.2, 0.25) is 0 Å². The van der Waals surface area contributed by atoms with Gasteiger partial charge in [0.2, 0.25) is 0 Å². The van der Waals surface area contributed by atoms with Gasteiger partial charge in [0.1, 0.15) is 0 Å². The molecule has 1 aromatic rings. The fourth-order valence-electron chi connectivity index (χ4n) is 1.16. The first-order valence-corrected chi connectivity index (χ1v) is 5.08. The highest BCUT2D eigenvalue weighted by Crippen LogP contribution is 2.15. The second kappa shape index (κ2) is 4.37. The minimum atomic E-state index is -0.735. The topological polar surface area (TPSA) is 50.2 Å². The van der Waals surface area contributed by atoms with Crippen molar-refractivity contribution in [3.8, 4) is 0 Å². The highest BCUT2D eigenvalue weighted by atomic mass is 32.1. The minimum absolute atomic E-state index is 0.169. The molecule has 13 heavy (non-hydrogen) atoms. The summed E-state index contributed by atoms with van der Waals surface area (Å²) in [6, 6.07) is 0. The molecule has 72 valence electrons. The molecule has 0 aliphatic rings. The van der Waals surface area contributed by atoms with E-state index in [-0.39, 0.29) is 12.3 Å². The number of rotatable bonds is 4. The molecule has 0 amide bonds. The lowest BCUT2D eigenvalue weighted by molar-refractivity contribution is -0.137. The van der Waals surface area contributed by atoms with Crippen molar-refractivity contribution in [1.82, 2.24) is 4.98 Å². The molecule has 0 saturated carbocycles. The first-order valence-electron chi connectivity index (χ1n) is 4.20. The van der Waals surface area contributed by atoms with Gasteiger partial charge in [0.15, 0.2) is 0 Å². The molecule has 4 heteroatoms. The van der Waals surface area contributed by atoms with E-state index in [1.54, 1.807) is 11.3 Å². The van der Waals surface area contributed by atoms with Crippen molar-refractivity contribution in [2.75, 3.05) is 0 Å². The monoisotopic (exact) mass is 199 g/mol. The van der Waals surface area contributed by atoms with E-state index < -0.39 is 5.97 Å². The van der Waals surface area contributed by atoms with Crippen LogP contribution in [0.4, 0.5) is 0 Å². The predicted octanol–water partition coefficient (Wildman–Crippen LogP) is 2.10. The van der Waals surface area contributed by atoms with Gasteiger partial charge in [0.25, 0.3) is 0 Å². The summed E-state index contributed by atoms with van der Waals surface area (Å²) in [5.41, 5.74) is 1.02. The number of nitrogens with zero attached hydrogens (tertiary/aromatic N) is 1. The van der Waals surface area contributed by atoms with Crippen molar-refractivity contribution in [3.63, 3.8) is 0 Å². The van der Waals surface area contributed by atoms with Crippen molar-refractivity contribution in [1.29, 1.82) is 0 Å². The van der Waals surface area contributed by atoms with E-state index in [4.69, 9.17) is 5.11 Å². The van der Waals surface area contributed by atoms with Crippen LogP contribution in [0.5, 0.6) is 0 Å². The van der Waals surface area contributed by atoms with Gasteiger partial charge < -0.3 is 5.11 Å². The molecule has 1 rings (SSSR count). The standard InChI is InChI=1S/C9H13NO2S/c1-6(4-9(11)12)3-8-10-7(2)5-13-8/h5-6H,3-4H2,1-2H3,(H,11,12). The van der Waals surface area contributed by atoms with Gasteiger partial charge in [-0.05, 0) is 12.8 Å². The molecule has 0 aliphatic heterocycles. The zero-order chi connectivity index (χ0) is 9.84. The fraction of sp³-hybridized carbons (Fsp3) is 0.556. The Labute approximate surface area is 81.4 Å². The molecule has 0 aromatic carbocycles. The SMILES string of the molecule is Cc1csc(CC(C)CC(=O)O)n1. The molecule has 3 nitrogen and oxygen atoms in total. The number of hydrogen-bond acceptors (Lipinski definition) is 3. The van der Waals surface area contributed by atoms with Crippen LogP contribution in [-0.2, 0) is 11.2 Å². The lowest BCUT2D eigenvalue weighted by Gasteiger charge is -2.04. The van der Waals surface area contributed by atoms with E-state index in [0.29, 0.717) is 0 Å². The van der Waals surface area contributed by atoms with Gasteiger partial charge in [-0.15, -0.1) is 11.3 Å². The van der Waals surface area contributed by atoms with Gasteiger partial charge in [0.05, 0.1) is 5.01 Å². The highest BCUT2D eigenvalue weighted by Gasteiger charge is 2.10. The average Bonchev–Trinajstić information content (AvgIpc) is 2.33. The van der Waals surface area contributed by atoms with Gasteiger partial charge in [-0.25, -0.2) is 4.98 Å². The van der Waals surface area contributed by atoms with Crippen LogP contribution in [0.3, 0.4) is 0 Å². The summed E-state index contributed by atoms with van der Waals surface area (Å²) in [6.45, 7) is 3.88. The number of aryl methyl sites for hydroxylation is 1. The zero-order valence-electron chi connectivity index (χ0n) is 7.78. The summed E-state index contributed by atoms with van der Waals surface area (Å²) in [5, 5.41) is 11.6. The Morgan fingerprint density at radius 2 is 2.46 bits per heavy atom. The van der Waals surface area contributed by atoms with Gasteiger partial charge in [-0.2, -0.15) is 0 Å². The molecular formula is C9H13NO2S. The maximum absolute atomic E-state index is 10.4. The summed E-state index contributed by atoms with van der Waals surface area (Å²) >= 11 is 1.60. The van der Waals surface area contributed by atoms with E-state index in [2.05, 4.69) is 4.98 Å². The van der Waals surface area contributed by atoms with Crippen LogP contribution in [0.25, 0.3) is 0 Å². The first kappa shape index (κ1) is 10.2. The lowest BCUT2D eigenvalue weighted by atomic mass is 10.1. The van der Waals surface area contributed by atoms with Crippen molar-refractivity contribution in [3.05, 3.63) is 16.1 Å². The van der Waals surface area contributed by atoms with E-state index in [1.807, 2.05) is 19.2 Å². The lowest BCUT2D eigenvalue weighted by Crippen LogP contribution is -2.06. The smallest absolute Gasteiger partial charge is 0.303 e. The quantitative estimate of drug-likeness (QED) is 0.808. The third-order valence-electron chi connectivity index (χ3n) is 1.71. The first-order chi connectivity index (χ1) is 6.08. The number of carboxylic acids is 1. The number of hydrogen-bond donors (Lipinski definition) is 1. The largest absolute Gasteiger partial charge is 0.481 e. The predicted molar refractivity (Wildman–Crippen MR) is 52.0 cm³/mol. The number of aromatic nitrogens is 1. The minimum Gasteiger partial charge on any atom is -0.481 e. The summed E-state index contributed by atoms with van der Waals surface area (Å²) in [7, 11) is 0. The maximum atomic E-state index is 10.4. The van der Waals surface area contributed by atoms with E-state index in [1.165, 1.54) is 0 Å². The van der Waals surface area contributed by atoms with E-state index in [0.717, 1.165) is 17.1 Å². The Bertz CT molecular complexity index is 296. The molecule has 0 radical (unpaired) electrons. The number of carbonyl (C=O) groups is 1. The van der Waals surface area contributed by atoms with Gasteiger partial charge in [0, 0.05) is 23.9 Å². The summed E-state index contributed by atoms with van der Waals surface area (Å²) < 4.78 is 0. The molecule has 1 unspecified atom stereocenters. The van der Waals surface area contributed by atoms with Crippen molar-refractivity contribution < 1.29 is 9.90 Å². The molecule has 1 atom stereocenters. The van der Waals surface area contributed by atoms with Crippen LogP contribution in [0.15, 0.2) is 5.38 Å². The Morgan fingerprint density at radius 3 is 2.92 bits per heavy atom. The Balaban J connectivity index is 2.44.